The van der Waals surface area contributed by atoms with Gasteiger partial charge in [0.15, 0.2) is 0 Å². The first-order valence-electron chi connectivity index (χ1n) is 2.24. The fourth-order valence-corrected chi connectivity index (χ4v) is 1.33. The minimum absolute atomic E-state index is 0.465. The maximum absolute atomic E-state index is 5.58. The number of aromatic nitrogens is 1. The van der Waals surface area contributed by atoms with Crippen LogP contribution in [0.3, 0.4) is 0 Å². The van der Waals surface area contributed by atoms with Crippen molar-refractivity contribution in [2.75, 3.05) is 0 Å². The molecule has 9 heavy (non-hydrogen) atoms. The second-order valence-corrected chi connectivity index (χ2v) is 2.79. The Bertz CT molecular complexity index is 245. The number of rotatable bonds is 0. The quantitative estimate of drug-likeness (QED) is 0.479. The molecule has 0 radical (unpaired) electrons. The van der Waals surface area contributed by atoms with Crippen molar-refractivity contribution in [3.8, 4) is 0 Å². The molecule has 0 aliphatic carbocycles. The SMILES string of the molecule is S=c1cc(Cl)cc(Cl)[nH]1. The lowest BCUT2D eigenvalue weighted by atomic mass is 10.5. The molecule has 1 rings (SSSR count). The van der Waals surface area contributed by atoms with E-state index in [1.165, 1.54) is 0 Å². The average molecular weight is 180 g/mol. The molecule has 0 bridgehead atoms. The van der Waals surface area contributed by atoms with Gasteiger partial charge in [-0.1, -0.05) is 35.4 Å². The fourth-order valence-electron chi connectivity index (χ4n) is 0.478. The molecule has 0 atom stereocenters. The number of halogens is 2. The van der Waals surface area contributed by atoms with Gasteiger partial charge in [-0.25, -0.2) is 0 Å². The zero-order valence-corrected chi connectivity index (χ0v) is 6.65. The standard InChI is InChI=1S/C5H3Cl2NS/c6-3-1-4(7)8-5(9)2-3/h1-2H,(H,8,9). The zero-order chi connectivity index (χ0) is 6.85. The summed E-state index contributed by atoms with van der Waals surface area (Å²) in [7, 11) is 0. The number of hydrogen-bond acceptors (Lipinski definition) is 1. The molecule has 0 unspecified atom stereocenters. The second kappa shape index (κ2) is 2.69. The summed E-state index contributed by atoms with van der Waals surface area (Å²) in [5.74, 6) is 0. The van der Waals surface area contributed by atoms with Crippen molar-refractivity contribution < 1.29 is 0 Å². The second-order valence-electron chi connectivity index (χ2n) is 1.51. The van der Waals surface area contributed by atoms with Crippen LogP contribution in [-0.4, -0.2) is 4.98 Å². The van der Waals surface area contributed by atoms with Crippen molar-refractivity contribution >= 4 is 35.4 Å². The van der Waals surface area contributed by atoms with Crippen LogP contribution in [0.4, 0.5) is 0 Å². The summed E-state index contributed by atoms with van der Waals surface area (Å²) in [6.07, 6.45) is 0. The molecule has 48 valence electrons. The third-order valence-corrected chi connectivity index (χ3v) is 1.42. The lowest BCUT2D eigenvalue weighted by molar-refractivity contribution is 1.30. The molecule has 0 saturated heterocycles. The van der Waals surface area contributed by atoms with Crippen LogP contribution in [0, 0.1) is 4.64 Å². The summed E-state index contributed by atoms with van der Waals surface area (Å²) in [4.78, 5) is 2.71. The molecule has 1 N–H and O–H groups in total. The van der Waals surface area contributed by atoms with Gasteiger partial charge >= 0.3 is 0 Å². The highest BCUT2D eigenvalue weighted by atomic mass is 35.5. The van der Waals surface area contributed by atoms with Crippen LogP contribution in [0.2, 0.25) is 10.2 Å². The Balaban J connectivity index is 3.33. The van der Waals surface area contributed by atoms with Gasteiger partial charge in [-0.3, -0.25) is 0 Å². The van der Waals surface area contributed by atoms with Crippen LogP contribution in [0.25, 0.3) is 0 Å². The third-order valence-electron chi connectivity index (χ3n) is 0.776. The molecule has 0 fully saturated rings. The van der Waals surface area contributed by atoms with E-state index in [0.717, 1.165) is 0 Å². The van der Waals surface area contributed by atoms with E-state index < -0.39 is 0 Å². The summed E-state index contributed by atoms with van der Waals surface area (Å²) in [6.45, 7) is 0. The molecular formula is C5H3Cl2NS. The smallest absolute Gasteiger partial charge is 0.108 e. The molecule has 0 amide bonds. The van der Waals surface area contributed by atoms with Crippen molar-refractivity contribution in [1.82, 2.24) is 4.98 Å². The first-order valence-corrected chi connectivity index (χ1v) is 3.40. The Morgan fingerprint density at radius 1 is 1.33 bits per heavy atom. The summed E-state index contributed by atoms with van der Waals surface area (Å²) in [5.41, 5.74) is 0. The lowest BCUT2D eigenvalue weighted by Gasteiger charge is -1.89. The van der Waals surface area contributed by atoms with Gasteiger partial charge in [0, 0.05) is 5.02 Å². The maximum atomic E-state index is 5.58. The van der Waals surface area contributed by atoms with Crippen LogP contribution < -0.4 is 0 Å². The van der Waals surface area contributed by atoms with Crippen LogP contribution in [-0.2, 0) is 0 Å². The molecule has 0 saturated carbocycles. The van der Waals surface area contributed by atoms with Crippen LogP contribution in [0.1, 0.15) is 0 Å². The average Bonchev–Trinajstić information content (AvgIpc) is 1.59. The Hall–Kier alpha value is -0.0500. The van der Waals surface area contributed by atoms with Gasteiger partial charge < -0.3 is 4.98 Å². The van der Waals surface area contributed by atoms with Gasteiger partial charge in [0.25, 0.3) is 0 Å². The number of H-pyrrole nitrogens is 1. The maximum Gasteiger partial charge on any atom is 0.108 e. The normalized spacial score (nSPS) is 9.56. The largest absolute Gasteiger partial charge is 0.337 e. The molecule has 0 spiro atoms. The van der Waals surface area contributed by atoms with E-state index in [-0.39, 0.29) is 0 Å². The summed E-state index contributed by atoms with van der Waals surface area (Å²) >= 11 is 15.9. The first-order chi connectivity index (χ1) is 4.18. The first kappa shape index (κ1) is 7.06. The summed E-state index contributed by atoms with van der Waals surface area (Å²) in [6, 6.07) is 3.22. The van der Waals surface area contributed by atoms with Gasteiger partial charge in [0.2, 0.25) is 0 Å². The third kappa shape index (κ3) is 1.97. The summed E-state index contributed by atoms with van der Waals surface area (Å²) < 4.78 is 0.549. The predicted molar refractivity (Wildman–Crippen MR) is 41.6 cm³/mol. The Morgan fingerprint density at radius 3 is 2.44 bits per heavy atom. The predicted octanol–water partition coefficient (Wildman–Crippen LogP) is 3.05. The Kier molecular flexibility index (Phi) is 2.11. The van der Waals surface area contributed by atoms with Gasteiger partial charge in [0.05, 0.1) is 0 Å². The van der Waals surface area contributed by atoms with E-state index in [0.29, 0.717) is 14.8 Å². The number of hydrogen-bond donors (Lipinski definition) is 1. The monoisotopic (exact) mass is 179 g/mol. The molecular weight excluding hydrogens is 177 g/mol. The molecule has 1 aromatic heterocycles. The number of aromatic amines is 1. The van der Waals surface area contributed by atoms with E-state index in [1.807, 2.05) is 0 Å². The number of pyridine rings is 1. The Labute approximate surface area is 67.6 Å². The lowest BCUT2D eigenvalue weighted by Crippen LogP contribution is -1.73. The van der Waals surface area contributed by atoms with Crippen LogP contribution in [0.5, 0.6) is 0 Å². The van der Waals surface area contributed by atoms with E-state index in [9.17, 15) is 0 Å². The van der Waals surface area contributed by atoms with Gasteiger partial charge in [-0.15, -0.1) is 0 Å². The minimum atomic E-state index is 0.465. The highest BCUT2D eigenvalue weighted by molar-refractivity contribution is 7.71. The van der Waals surface area contributed by atoms with Crippen molar-refractivity contribution in [3.63, 3.8) is 0 Å². The Morgan fingerprint density at radius 2 is 2.00 bits per heavy atom. The van der Waals surface area contributed by atoms with Gasteiger partial charge in [-0.2, -0.15) is 0 Å². The summed E-state index contributed by atoms with van der Waals surface area (Å²) in [5, 5.41) is 1.02. The molecule has 0 aliphatic rings. The van der Waals surface area contributed by atoms with E-state index in [4.69, 9.17) is 35.4 Å². The van der Waals surface area contributed by atoms with E-state index in [2.05, 4.69) is 4.98 Å². The fraction of sp³-hybridized carbons (Fsp3) is 0. The molecule has 4 heteroatoms. The molecule has 0 aliphatic heterocycles. The molecule has 1 nitrogen and oxygen atoms in total. The molecule has 1 aromatic rings. The van der Waals surface area contributed by atoms with E-state index in [1.54, 1.807) is 12.1 Å². The van der Waals surface area contributed by atoms with Gasteiger partial charge in [0.1, 0.15) is 9.79 Å². The molecule has 1 heterocycles. The number of nitrogens with one attached hydrogen (secondary N) is 1. The van der Waals surface area contributed by atoms with Gasteiger partial charge in [-0.05, 0) is 12.1 Å². The van der Waals surface area contributed by atoms with Crippen LogP contribution >= 0.6 is 35.4 Å². The zero-order valence-electron chi connectivity index (χ0n) is 4.32. The van der Waals surface area contributed by atoms with Crippen molar-refractivity contribution in [2.45, 2.75) is 0 Å². The highest BCUT2D eigenvalue weighted by Gasteiger charge is 1.88. The van der Waals surface area contributed by atoms with Crippen molar-refractivity contribution in [1.29, 1.82) is 0 Å². The van der Waals surface area contributed by atoms with Crippen molar-refractivity contribution in [3.05, 3.63) is 26.9 Å². The minimum Gasteiger partial charge on any atom is -0.337 e. The van der Waals surface area contributed by atoms with E-state index >= 15 is 0 Å². The van der Waals surface area contributed by atoms with Crippen LogP contribution in [0.15, 0.2) is 12.1 Å². The molecule has 0 aromatic carbocycles. The highest BCUT2D eigenvalue weighted by Crippen LogP contribution is 2.12. The van der Waals surface area contributed by atoms with Crippen molar-refractivity contribution in [2.24, 2.45) is 0 Å². The topological polar surface area (TPSA) is 15.8 Å².